The van der Waals surface area contributed by atoms with Crippen LogP contribution in [0.4, 0.5) is 27.8 Å². The summed E-state index contributed by atoms with van der Waals surface area (Å²) in [4.78, 5) is 108. The first-order valence-electron chi connectivity index (χ1n) is 25.3. The highest BCUT2D eigenvalue weighted by molar-refractivity contribution is 6.04. The van der Waals surface area contributed by atoms with Crippen LogP contribution in [0.2, 0.25) is 0 Å². The molecule has 2 amide bonds. The number of nitrogens with zero attached hydrogens (tertiary/aromatic N) is 5. The number of nitro groups is 1. The molecule has 6 rings (SSSR count). The maximum atomic E-state index is 13.5. The molecule has 0 radical (unpaired) electrons. The fourth-order valence-electron chi connectivity index (χ4n) is 7.45. The highest BCUT2D eigenvalue weighted by atomic mass is 16.6. The summed E-state index contributed by atoms with van der Waals surface area (Å²) in [6.07, 6.45) is 2.01. The third kappa shape index (κ3) is 17.9. The van der Waals surface area contributed by atoms with E-state index in [2.05, 4.69) is 31.2 Å². The van der Waals surface area contributed by atoms with Crippen LogP contribution in [0.3, 0.4) is 0 Å². The van der Waals surface area contributed by atoms with Crippen LogP contribution in [0.1, 0.15) is 99.7 Å². The maximum absolute atomic E-state index is 13.5. The average Bonchev–Trinajstić information content (AvgIpc) is 3.39. The molecular weight excluding hydrogens is 1030 g/mol. The van der Waals surface area contributed by atoms with Crippen LogP contribution in [0.5, 0.6) is 0 Å². The lowest BCUT2D eigenvalue weighted by molar-refractivity contribution is -0.384. The number of non-ortho nitro benzene ring substituents is 1. The van der Waals surface area contributed by atoms with E-state index in [-0.39, 0.29) is 102 Å². The minimum Gasteiger partial charge on any atom is -0.462 e. The number of nitrogens with one attached hydrogen (secondary N) is 5. The Bertz CT molecular complexity index is 3350. The van der Waals surface area contributed by atoms with Crippen molar-refractivity contribution in [1.82, 2.24) is 29.7 Å². The second kappa shape index (κ2) is 28.1. The van der Waals surface area contributed by atoms with E-state index in [0.29, 0.717) is 11.1 Å². The van der Waals surface area contributed by atoms with Crippen LogP contribution in [0, 0.1) is 15.5 Å². The second-order valence-corrected chi connectivity index (χ2v) is 19.3. The molecule has 0 aliphatic heterocycles. The number of esters is 3. The van der Waals surface area contributed by atoms with Crippen molar-refractivity contribution < 1.29 is 47.8 Å². The number of aromatic nitrogens is 4. The van der Waals surface area contributed by atoms with Gasteiger partial charge < -0.3 is 40.6 Å². The van der Waals surface area contributed by atoms with E-state index >= 15 is 0 Å². The lowest BCUT2D eigenvalue weighted by Gasteiger charge is -2.21. The average molecular weight is 1100 g/mol. The van der Waals surface area contributed by atoms with Gasteiger partial charge in [-0.15, -0.1) is 0 Å². The molecule has 0 bridgehead atoms. The molecule has 2 aromatic heterocycles. The molecule has 0 saturated heterocycles. The number of alkyl carbamates (subject to hydrolysis) is 1. The minimum atomic E-state index is -0.782. The largest absolute Gasteiger partial charge is 0.462 e. The second-order valence-electron chi connectivity index (χ2n) is 19.3. The number of rotatable bonds is 20. The summed E-state index contributed by atoms with van der Waals surface area (Å²) in [6, 6.07) is 23.9. The Morgan fingerprint density at radius 3 is 1.74 bits per heavy atom. The van der Waals surface area contributed by atoms with Crippen LogP contribution < -0.4 is 38.1 Å². The number of nitro benzene ring substituents is 1. The standard InChI is InChI=1S/C34H37N7O6.C22H28N4O7/c1-4-46-33(44)26-14-25(15-27(35)16-26)28-18-38-31(39-21(2)3)32(43)41(28)19-29(42)37-17-22-10-12-24(13-11-22)30(36)40-34(45)47-20-23-8-6-5-7-9-23;1-7-32-21(29)15-8-14(9-16(10-15)26(30)31)17-11-23-19(24-13(2)3)20(28)25(17)12-18(27)33-22(4,5)6/h5-16,18,21H,4,17,19-20,35H2,1-3H3,(H,37,42)(H,38,39)(H2,36,40,45);8-11,13H,7,12H2,1-6H3,(H,23,24). The van der Waals surface area contributed by atoms with Crippen molar-refractivity contribution in [2.24, 2.45) is 0 Å². The van der Waals surface area contributed by atoms with Crippen LogP contribution in [-0.2, 0) is 54.8 Å². The van der Waals surface area contributed by atoms with Gasteiger partial charge in [0.25, 0.3) is 16.8 Å². The Balaban J connectivity index is 0.000000313. The van der Waals surface area contributed by atoms with Crippen LogP contribution in [0.25, 0.3) is 22.5 Å². The first-order chi connectivity index (χ1) is 37.8. The number of amidine groups is 1. The molecule has 24 heteroatoms. The molecule has 422 valence electrons. The van der Waals surface area contributed by atoms with E-state index in [1.54, 1.807) is 65.0 Å². The predicted octanol–water partition coefficient (Wildman–Crippen LogP) is 7.21. The highest BCUT2D eigenvalue weighted by Crippen LogP contribution is 2.28. The van der Waals surface area contributed by atoms with Gasteiger partial charge in [-0.3, -0.25) is 49.2 Å². The molecule has 6 aromatic rings. The molecule has 0 fully saturated rings. The Hall–Kier alpha value is -9.74. The molecule has 7 N–H and O–H groups in total. The van der Waals surface area contributed by atoms with E-state index < -0.39 is 58.1 Å². The summed E-state index contributed by atoms with van der Waals surface area (Å²) in [5.74, 6) is -2.52. The normalized spacial score (nSPS) is 10.9. The first-order valence-corrected chi connectivity index (χ1v) is 25.3. The summed E-state index contributed by atoms with van der Waals surface area (Å²) in [5.41, 5.74) is 7.12. The number of anilines is 3. The van der Waals surface area contributed by atoms with Crippen molar-refractivity contribution in [3.05, 3.63) is 162 Å². The zero-order valence-electron chi connectivity index (χ0n) is 45.8. The van der Waals surface area contributed by atoms with Crippen molar-refractivity contribution in [2.45, 2.75) is 106 Å². The van der Waals surface area contributed by atoms with Crippen LogP contribution >= 0.6 is 0 Å². The smallest absolute Gasteiger partial charge is 0.413 e. The number of ether oxygens (including phenoxy) is 4. The first kappa shape index (κ1) is 61.1. The Morgan fingerprint density at radius 1 is 0.700 bits per heavy atom. The number of nitrogens with two attached hydrogens (primary N) is 1. The van der Waals surface area contributed by atoms with E-state index in [4.69, 9.17) is 30.1 Å². The van der Waals surface area contributed by atoms with Crippen molar-refractivity contribution >= 4 is 58.8 Å². The van der Waals surface area contributed by atoms with Gasteiger partial charge in [-0.25, -0.2) is 24.4 Å². The quantitative estimate of drug-likeness (QED) is 0.00836. The number of carbonyl (C=O) groups excluding carboxylic acids is 5. The topological polar surface area (TPSA) is 333 Å². The van der Waals surface area contributed by atoms with Crippen LogP contribution in [-0.4, -0.2) is 90.7 Å². The summed E-state index contributed by atoms with van der Waals surface area (Å²) in [5, 5.41) is 30.8. The van der Waals surface area contributed by atoms with Gasteiger partial charge in [-0.1, -0.05) is 54.6 Å². The van der Waals surface area contributed by atoms with Crippen molar-refractivity contribution in [2.75, 3.05) is 29.6 Å². The molecule has 4 aromatic carbocycles. The van der Waals surface area contributed by atoms with Crippen molar-refractivity contribution in [3.8, 4) is 22.5 Å². The van der Waals surface area contributed by atoms with Gasteiger partial charge >= 0.3 is 24.0 Å². The van der Waals surface area contributed by atoms with Gasteiger partial charge in [0.15, 0.2) is 11.6 Å². The Morgan fingerprint density at radius 2 is 1.23 bits per heavy atom. The van der Waals surface area contributed by atoms with E-state index in [9.17, 15) is 43.7 Å². The number of benzene rings is 4. The molecule has 0 unspecified atom stereocenters. The number of hydrogen-bond acceptors (Lipinski definition) is 19. The molecule has 0 saturated carbocycles. The summed E-state index contributed by atoms with van der Waals surface area (Å²) in [6.45, 7) is 15.4. The lowest BCUT2D eigenvalue weighted by atomic mass is 10.1. The molecule has 0 aliphatic carbocycles. The molecule has 0 spiro atoms. The van der Waals surface area contributed by atoms with Gasteiger partial charge in [0, 0.05) is 53.1 Å². The zero-order valence-corrected chi connectivity index (χ0v) is 45.8. The van der Waals surface area contributed by atoms with Gasteiger partial charge in [-0.05, 0) is 97.7 Å². The number of hydrogen-bond donors (Lipinski definition) is 6. The Kier molecular flexibility index (Phi) is 21.4. The molecule has 0 atom stereocenters. The number of carbonyl (C=O) groups is 5. The van der Waals surface area contributed by atoms with Gasteiger partial charge in [-0.2, -0.15) is 0 Å². The fourth-order valence-corrected chi connectivity index (χ4v) is 7.45. The minimum absolute atomic E-state index is 0.00774. The van der Waals surface area contributed by atoms with Gasteiger partial charge in [0.1, 0.15) is 31.1 Å². The summed E-state index contributed by atoms with van der Waals surface area (Å²) >= 11 is 0. The molecular formula is C56H65N11O13. The Labute approximate surface area is 460 Å². The zero-order chi connectivity index (χ0) is 58.8. The number of nitrogen functional groups attached to an aromatic ring is 1. The van der Waals surface area contributed by atoms with Crippen molar-refractivity contribution in [3.63, 3.8) is 0 Å². The predicted molar refractivity (Wildman–Crippen MR) is 299 cm³/mol. The SMILES string of the molecule is CCOC(=O)c1cc(-c2cnc(NC(C)C)c(=O)n2CC(=O)OC(C)(C)C)cc([N+](=O)[O-])c1.CCOC(=O)c1cc(N)cc(-c2cnc(NC(C)C)c(=O)n2CC(=O)NCc2ccc(C(=N)NC(=O)OCc3ccccc3)cc2)c1. The highest BCUT2D eigenvalue weighted by Gasteiger charge is 2.24. The van der Waals surface area contributed by atoms with E-state index in [1.165, 1.54) is 41.2 Å². The van der Waals surface area contributed by atoms with Gasteiger partial charge in [0.2, 0.25) is 5.91 Å². The number of amides is 2. The lowest BCUT2D eigenvalue weighted by Crippen LogP contribution is -2.35. The van der Waals surface area contributed by atoms with Gasteiger partial charge in [0.05, 0.1) is 53.0 Å². The maximum Gasteiger partial charge on any atom is 0.413 e. The monoisotopic (exact) mass is 1100 g/mol. The molecule has 0 aliphatic rings. The molecule has 24 nitrogen and oxygen atoms in total. The third-order valence-electron chi connectivity index (χ3n) is 10.8. The summed E-state index contributed by atoms with van der Waals surface area (Å²) < 4.78 is 22.9. The van der Waals surface area contributed by atoms with E-state index in [1.807, 2.05) is 58.0 Å². The van der Waals surface area contributed by atoms with Crippen LogP contribution in [0.15, 0.2) is 113 Å². The van der Waals surface area contributed by atoms with E-state index in [0.717, 1.165) is 21.8 Å². The fraction of sp³-hybridized carbons (Fsp3) is 0.321. The summed E-state index contributed by atoms with van der Waals surface area (Å²) in [7, 11) is 0. The molecule has 2 heterocycles. The molecule has 80 heavy (non-hydrogen) atoms. The third-order valence-corrected chi connectivity index (χ3v) is 10.8. The van der Waals surface area contributed by atoms with Crippen molar-refractivity contribution in [1.29, 1.82) is 5.41 Å².